The minimum Gasteiger partial charge on any atom is -0.496 e. The van der Waals surface area contributed by atoms with Crippen LogP contribution in [0.1, 0.15) is 29.2 Å². The van der Waals surface area contributed by atoms with Crippen LogP contribution < -0.4 is 10.1 Å². The van der Waals surface area contributed by atoms with Gasteiger partial charge >= 0.3 is 0 Å². The zero-order chi connectivity index (χ0) is 13.7. The zero-order valence-corrected chi connectivity index (χ0v) is 12.0. The topological polar surface area (TPSA) is 38.3 Å². The van der Waals surface area contributed by atoms with Gasteiger partial charge in [-0.3, -0.25) is 4.79 Å². The van der Waals surface area contributed by atoms with Crippen LogP contribution >= 0.6 is 0 Å². The van der Waals surface area contributed by atoms with Crippen LogP contribution in [-0.2, 0) is 11.2 Å². The number of benzene rings is 1. The van der Waals surface area contributed by atoms with Crippen LogP contribution in [0.5, 0.6) is 5.75 Å². The number of carbonyl (C=O) groups excluding carboxylic acids is 1. The third-order valence-corrected chi connectivity index (χ3v) is 3.35. The van der Waals surface area contributed by atoms with E-state index < -0.39 is 0 Å². The lowest BCUT2D eigenvalue weighted by Crippen LogP contribution is -2.23. The van der Waals surface area contributed by atoms with Gasteiger partial charge in [-0.05, 0) is 69.0 Å². The monoisotopic (exact) mass is 249 g/mol. The molecule has 0 bridgehead atoms. The van der Waals surface area contributed by atoms with Gasteiger partial charge < -0.3 is 10.1 Å². The van der Waals surface area contributed by atoms with Crippen LogP contribution in [0, 0.1) is 20.8 Å². The summed E-state index contributed by atoms with van der Waals surface area (Å²) in [7, 11) is 1.70. The van der Waals surface area contributed by atoms with E-state index in [2.05, 4.69) is 32.2 Å². The molecule has 0 unspecified atom stereocenters. The number of hydrogen-bond acceptors (Lipinski definition) is 3. The smallest absolute Gasteiger partial charge is 0.143 e. The average molecular weight is 249 g/mol. The molecule has 0 amide bonds. The molecule has 1 aromatic carbocycles. The van der Waals surface area contributed by atoms with E-state index in [1.807, 2.05) is 0 Å². The first-order chi connectivity index (χ1) is 8.47. The lowest BCUT2D eigenvalue weighted by Gasteiger charge is -2.16. The molecule has 1 N–H and O–H groups in total. The van der Waals surface area contributed by atoms with Gasteiger partial charge in [-0.1, -0.05) is 0 Å². The molecule has 0 aliphatic rings. The molecule has 0 fully saturated rings. The maximum Gasteiger partial charge on any atom is 0.143 e. The van der Waals surface area contributed by atoms with Crippen molar-refractivity contribution in [2.75, 3.05) is 20.2 Å². The molecule has 0 aliphatic carbocycles. The van der Waals surface area contributed by atoms with E-state index in [1.54, 1.807) is 14.0 Å². The van der Waals surface area contributed by atoms with Crippen molar-refractivity contribution in [2.45, 2.75) is 34.1 Å². The molecule has 0 radical (unpaired) electrons. The Kier molecular flexibility index (Phi) is 5.35. The molecule has 1 rings (SSSR count). The Morgan fingerprint density at radius 1 is 1.28 bits per heavy atom. The van der Waals surface area contributed by atoms with Crippen molar-refractivity contribution < 1.29 is 9.53 Å². The van der Waals surface area contributed by atoms with Gasteiger partial charge in [0.1, 0.15) is 11.5 Å². The van der Waals surface area contributed by atoms with E-state index in [-0.39, 0.29) is 5.78 Å². The maximum atomic E-state index is 10.8. The van der Waals surface area contributed by atoms with Gasteiger partial charge in [0.25, 0.3) is 0 Å². The Morgan fingerprint density at radius 3 is 2.50 bits per heavy atom. The minimum absolute atomic E-state index is 0.175. The molecule has 0 saturated carbocycles. The Morgan fingerprint density at radius 2 is 1.94 bits per heavy atom. The zero-order valence-electron chi connectivity index (χ0n) is 12.0. The van der Waals surface area contributed by atoms with Crippen molar-refractivity contribution in [1.82, 2.24) is 5.32 Å². The van der Waals surface area contributed by atoms with E-state index in [4.69, 9.17) is 4.74 Å². The third kappa shape index (κ3) is 3.57. The number of methoxy groups -OCH3 is 1. The summed E-state index contributed by atoms with van der Waals surface area (Å²) < 4.78 is 5.36. The summed E-state index contributed by atoms with van der Waals surface area (Å²) in [6.45, 7) is 9.20. The Hall–Kier alpha value is -1.35. The average Bonchev–Trinajstić information content (AvgIpc) is 2.32. The van der Waals surface area contributed by atoms with Crippen molar-refractivity contribution in [3.05, 3.63) is 28.3 Å². The first kappa shape index (κ1) is 14.7. The molecule has 0 spiro atoms. The SMILES string of the molecule is COc1cc(C)c(CCNCC(C)=O)c(C)c1C. The lowest BCUT2D eigenvalue weighted by atomic mass is 9.95. The number of rotatable bonds is 6. The summed E-state index contributed by atoms with van der Waals surface area (Å²) in [5, 5.41) is 3.16. The van der Waals surface area contributed by atoms with Gasteiger partial charge in [-0.2, -0.15) is 0 Å². The number of Topliss-reactive ketones (excluding diaryl/α,β-unsaturated/α-hetero) is 1. The quantitative estimate of drug-likeness (QED) is 0.786. The number of ether oxygens (including phenoxy) is 1. The number of carbonyl (C=O) groups is 1. The summed E-state index contributed by atoms with van der Waals surface area (Å²) in [6.07, 6.45) is 0.940. The van der Waals surface area contributed by atoms with Crippen molar-refractivity contribution in [3.8, 4) is 5.75 Å². The van der Waals surface area contributed by atoms with Gasteiger partial charge in [-0.15, -0.1) is 0 Å². The largest absolute Gasteiger partial charge is 0.496 e. The first-order valence-corrected chi connectivity index (χ1v) is 6.31. The maximum absolute atomic E-state index is 10.8. The second-order valence-corrected chi connectivity index (χ2v) is 4.75. The fraction of sp³-hybridized carbons (Fsp3) is 0.533. The number of aryl methyl sites for hydroxylation is 1. The van der Waals surface area contributed by atoms with E-state index >= 15 is 0 Å². The van der Waals surface area contributed by atoms with E-state index in [9.17, 15) is 4.79 Å². The van der Waals surface area contributed by atoms with Gasteiger partial charge in [0.05, 0.1) is 13.7 Å². The molecule has 3 nitrogen and oxygen atoms in total. The summed E-state index contributed by atoms with van der Waals surface area (Å²) in [5.74, 6) is 1.12. The summed E-state index contributed by atoms with van der Waals surface area (Å²) in [6, 6.07) is 2.09. The predicted octanol–water partition coefficient (Wildman–Crippen LogP) is 2.34. The Bertz CT molecular complexity index is 439. The number of hydrogen-bond donors (Lipinski definition) is 1. The standard InChI is InChI=1S/C15H23NO2/c1-10-8-15(18-5)13(4)12(3)14(10)6-7-16-9-11(2)17/h8,16H,6-7,9H2,1-5H3. The highest BCUT2D eigenvalue weighted by molar-refractivity contribution is 5.77. The first-order valence-electron chi connectivity index (χ1n) is 6.31. The normalized spacial score (nSPS) is 10.5. The highest BCUT2D eigenvalue weighted by Gasteiger charge is 2.10. The van der Waals surface area contributed by atoms with Gasteiger partial charge in [0, 0.05) is 0 Å². The number of nitrogens with one attached hydrogen (secondary N) is 1. The van der Waals surface area contributed by atoms with Crippen LogP contribution in [0.2, 0.25) is 0 Å². The molecule has 100 valence electrons. The summed E-state index contributed by atoms with van der Waals surface area (Å²) >= 11 is 0. The molecule has 1 aromatic rings. The molecular weight excluding hydrogens is 226 g/mol. The molecule has 0 aliphatic heterocycles. The highest BCUT2D eigenvalue weighted by Crippen LogP contribution is 2.27. The van der Waals surface area contributed by atoms with E-state index in [1.165, 1.54) is 22.3 Å². The lowest BCUT2D eigenvalue weighted by molar-refractivity contribution is -0.116. The minimum atomic E-state index is 0.175. The molecule has 0 saturated heterocycles. The Balaban J connectivity index is 2.77. The van der Waals surface area contributed by atoms with Crippen LogP contribution in [-0.4, -0.2) is 26.0 Å². The molecular formula is C15H23NO2. The summed E-state index contributed by atoms with van der Waals surface area (Å²) in [4.78, 5) is 10.8. The number of ketones is 1. The third-order valence-electron chi connectivity index (χ3n) is 3.35. The van der Waals surface area contributed by atoms with Crippen molar-refractivity contribution >= 4 is 5.78 Å². The second-order valence-electron chi connectivity index (χ2n) is 4.75. The molecule has 18 heavy (non-hydrogen) atoms. The fourth-order valence-electron chi connectivity index (χ4n) is 2.17. The van der Waals surface area contributed by atoms with E-state index in [0.717, 1.165) is 18.7 Å². The molecule has 0 atom stereocenters. The van der Waals surface area contributed by atoms with E-state index in [0.29, 0.717) is 6.54 Å². The Labute approximate surface area is 110 Å². The van der Waals surface area contributed by atoms with Gasteiger partial charge in [0.2, 0.25) is 0 Å². The summed E-state index contributed by atoms with van der Waals surface area (Å²) in [5.41, 5.74) is 5.09. The molecule has 0 aromatic heterocycles. The molecule has 3 heteroatoms. The second kappa shape index (κ2) is 6.55. The predicted molar refractivity (Wildman–Crippen MR) is 74.5 cm³/mol. The molecule has 0 heterocycles. The van der Waals surface area contributed by atoms with Crippen LogP contribution in [0.4, 0.5) is 0 Å². The van der Waals surface area contributed by atoms with Crippen molar-refractivity contribution in [3.63, 3.8) is 0 Å². The highest BCUT2D eigenvalue weighted by atomic mass is 16.5. The fourth-order valence-corrected chi connectivity index (χ4v) is 2.17. The van der Waals surface area contributed by atoms with Gasteiger partial charge in [0.15, 0.2) is 0 Å². The van der Waals surface area contributed by atoms with Crippen molar-refractivity contribution in [2.24, 2.45) is 0 Å². The van der Waals surface area contributed by atoms with Gasteiger partial charge in [-0.25, -0.2) is 0 Å². The van der Waals surface area contributed by atoms with Crippen LogP contribution in [0.3, 0.4) is 0 Å². The van der Waals surface area contributed by atoms with Crippen LogP contribution in [0.25, 0.3) is 0 Å². The van der Waals surface area contributed by atoms with Crippen LogP contribution in [0.15, 0.2) is 6.07 Å². The van der Waals surface area contributed by atoms with Crippen molar-refractivity contribution in [1.29, 1.82) is 0 Å².